The van der Waals surface area contributed by atoms with Crippen molar-refractivity contribution >= 4 is 23.3 Å². The summed E-state index contributed by atoms with van der Waals surface area (Å²) in [7, 11) is 1.64. The van der Waals surface area contributed by atoms with Crippen LogP contribution in [0.3, 0.4) is 0 Å². The highest BCUT2D eigenvalue weighted by Crippen LogP contribution is 2.24. The minimum Gasteiger partial charge on any atom is -0.497 e. The molecule has 0 aliphatic carbocycles. The quantitative estimate of drug-likeness (QED) is 0.634. The molecule has 4 rings (SSSR count). The first-order valence-corrected chi connectivity index (χ1v) is 10.2. The van der Waals surface area contributed by atoms with E-state index < -0.39 is 0 Å². The van der Waals surface area contributed by atoms with Crippen molar-refractivity contribution < 1.29 is 13.9 Å². The Kier molecular flexibility index (Phi) is 6.30. The second-order valence-electron chi connectivity index (χ2n) is 7.30. The number of ether oxygens (including phenoxy) is 1. The van der Waals surface area contributed by atoms with Gasteiger partial charge in [-0.1, -0.05) is 11.6 Å². The summed E-state index contributed by atoms with van der Waals surface area (Å²) in [5.41, 5.74) is 1.75. The van der Waals surface area contributed by atoms with Gasteiger partial charge in [0.25, 0.3) is 0 Å². The molecule has 2 aromatic heterocycles. The number of piperidine rings is 1. The Hall–Kier alpha value is -2.90. The number of carbonyl (C=O) groups is 1. The molecule has 3 aromatic rings. The van der Waals surface area contributed by atoms with E-state index in [1.54, 1.807) is 25.5 Å². The number of pyridine rings is 1. The fourth-order valence-electron chi connectivity index (χ4n) is 3.57. The number of nitrogens with zero attached hydrogens (tertiary/aromatic N) is 3. The van der Waals surface area contributed by atoms with E-state index in [1.165, 1.54) is 6.20 Å². The van der Waals surface area contributed by atoms with Gasteiger partial charge in [0, 0.05) is 24.8 Å². The van der Waals surface area contributed by atoms with E-state index in [0.717, 1.165) is 36.4 Å². The third-order valence-electron chi connectivity index (χ3n) is 5.13. The normalized spacial score (nSPS) is 16.9. The highest BCUT2D eigenvalue weighted by atomic mass is 35.5. The number of amides is 1. The predicted molar refractivity (Wildman–Crippen MR) is 114 cm³/mol. The Labute approximate surface area is 180 Å². The number of methoxy groups -OCH3 is 1. The monoisotopic (exact) mass is 426 g/mol. The van der Waals surface area contributed by atoms with Gasteiger partial charge >= 0.3 is 0 Å². The van der Waals surface area contributed by atoms with Crippen molar-refractivity contribution in [3.05, 3.63) is 59.6 Å². The van der Waals surface area contributed by atoms with Gasteiger partial charge in [-0.05, 0) is 55.8 Å². The van der Waals surface area contributed by atoms with Crippen molar-refractivity contribution in [2.45, 2.75) is 19.4 Å². The van der Waals surface area contributed by atoms with E-state index >= 15 is 0 Å². The number of benzene rings is 1. The van der Waals surface area contributed by atoms with E-state index in [4.69, 9.17) is 20.8 Å². The predicted octanol–water partition coefficient (Wildman–Crippen LogP) is 4.25. The van der Waals surface area contributed by atoms with Gasteiger partial charge in [-0.25, -0.2) is 9.97 Å². The smallest absolute Gasteiger partial charge is 0.229 e. The number of rotatable bonds is 6. The van der Waals surface area contributed by atoms with Crippen LogP contribution in [0.15, 0.2) is 53.3 Å². The van der Waals surface area contributed by atoms with Crippen LogP contribution in [-0.4, -0.2) is 41.0 Å². The molecule has 1 unspecified atom stereocenters. The van der Waals surface area contributed by atoms with Crippen molar-refractivity contribution in [3.63, 3.8) is 0 Å². The first kappa shape index (κ1) is 20.4. The number of nitrogens with one attached hydrogen (secondary N) is 1. The highest BCUT2D eigenvalue weighted by molar-refractivity contribution is 6.30. The van der Waals surface area contributed by atoms with Crippen LogP contribution in [-0.2, 0) is 11.3 Å². The Morgan fingerprint density at radius 3 is 2.87 bits per heavy atom. The molecule has 1 aromatic carbocycles. The number of halogens is 1. The topological polar surface area (TPSA) is 80.5 Å². The van der Waals surface area contributed by atoms with Crippen LogP contribution in [0.5, 0.6) is 5.75 Å². The molecule has 0 radical (unpaired) electrons. The maximum atomic E-state index is 12.6. The number of aromatic nitrogens is 2. The molecule has 1 aliphatic rings. The fourth-order valence-corrected chi connectivity index (χ4v) is 3.68. The SMILES string of the molecule is COc1ccc(-c2nc(CN3CCCC(C(=O)Nc4ccc(Cl)cn4)C3)co2)cc1. The first-order chi connectivity index (χ1) is 14.6. The molecule has 1 amide bonds. The molecular weight excluding hydrogens is 404 g/mol. The second kappa shape index (κ2) is 9.28. The number of likely N-dealkylation sites (tertiary alicyclic amines) is 1. The summed E-state index contributed by atoms with van der Waals surface area (Å²) in [5, 5.41) is 3.42. The lowest BCUT2D eigenvalue weighted by Gasteiger charge is -2.31. The van der Waals surface area contributed by atoms with Crippen LogP contribution >= 0.6 is 11.6 Å². The molecule has 1 atom stereocenters. The van der Waals surface area contributed by atoms with Gasteiger partial charge in [-0.2, -0.15) is 0 Å². The van der Waals surface area contributed by atoms with Gasteiger partial charge in [0.05, 0.1) is 23.7 Å². The highest BCUT2D eigenvalue weighted by Gasteiger charge is 2.26. The third kappa shape index (κ3) is 4.98. The molecule has 7 nitrogen and oxygen atoms in total. The van der Waals surface area contributed by atoms with E-state index in [9.17, 15) is 4.79 Å². The summed E-state index contributed by atoms with van der Waals surface area (Å²) in [6.45, 7) is 2.24. The molecule has 1 fully saturated rings. The van der Waals surface area contributed by atoms with Gasteiger partial charge in [0.1, 0.15) is 17.8 Å². The maximum absolute atomic E-state index is 12.6. The molecule has 3 heterocycles. The lowest BCUT2D eigenvalue weighted by molar-refractivity contribution is -0.121. The van der Waals surface area contributed by atoms with Gasteiger partial charge in [0.2, 0.25) is 11.8 Å². The van der Waals surface area contributed by atoms with Crippen molar-refractivity contribution in [3.8, 4) is 17.2 Å². The number of oxazole rings is 1. The first-order valence-electron chi connectivity index (χ1n) is 9.84. The number of hydrogen-bond acceptors (Lipinski definition) is 6. The Morgan fingerprint density at radius 2 is 2.13 bits per heavy atom. The van der Waals surface area contributed by atoms with Crippen molar-refractivity contribution in [2.24, 2.45) is 5.92 Å². The summed E-state index contributed by atoms with van der Waals surface area (Å²) in [5.74, 6) is 1.77. The van der Waals surface area contributed by atoms with Crippen LogP contribution < -0.4 is 10.1 Å². The number of carbonyl (C=O) groups excluding carboxylic acids is 1. The number of anilines is 1. The summed E-state index contributed by atoms with van der Waals surface area (Å²) in [4.78, 5) is 23.6. The zero-order valence-corrected chi connectivity index (χ0v) is 17.4. The molecule has 30 heavy (non-hydrogen) atoms. The van der Waals surface area contributed by atoms with Gasteiger partial charge in [-0.15, -0.1) is 0 Å². The van der Waals surface area contributed by atoms with Crippen LogP contribution in [0.1, 0.15) is 18.5 Å². The van der Waals surface area contributed by atoms with Crippen LogP contribution in [0, 0.1) is 5.92 Å². The molecular formula is C22H23ClN4O3. The minimum atomic E-state index is -0.0933. The van der Waals surface area contributed by atoms with Crippen molar-refractivity contribution in [1.29, 1.82) is 0 Å². The average molecular weight is 427 g/mol. The summed E-state index contributed by atoms with van der Waals surface area (Å²) in [6, 6.07) is 11.0. The molecule has 156 valence electrons. The molecule has 0 bridgehead atoms. The van der Waals surface area contributed by atoms with E-state index in [0.29, 0.717) is 29.8 Å². The summed E-state index contributed by atoms with van der Waals surface area (Å²) in [6.07, 6.45) is 5.01. The zero-order chi connectivity index (χ0) is 20.9. The molecule has 8 heteroatoms. The Balaban J connectivity index is 1.35. The lowest BCUT2D eigenvalue weighted by Crippen LogP contribution is -2.40. The Bertz CT molecular complexity index is 988. The fraction of sp³-hybridized carbons (Fsp3) is 0.318. The Morgan fingerprint density at radius 1 is 1.30 bits per heavy atom. The van der Waals surface area contributed by atoms with Crippen LogP contribution in [0.25, 0.3) is 11.5 Å². The lowest BCUT2D eigenvalue weighted by atomic mass is 9.97. The summed E-state index contributed by atoms with van der Waals surface area (Å²) < 4.78 is 10.8. The van der Waals surface area contributed by atoms with Gasteiger partial charge in [-0.3, -0.25) is 9.69 Å². The van der Waals surface area contributed by atoms with Gasteiger partial charge in [0.15, 0.2) is 0 Å². The second-order valence-corrected chi connectivity index (χ2v) is 7.73. The maximum Gasteiger partial charge on any atom is 0.229 e. The molecule has 1 saturated heterocycles. The van der Waals surface area contributed by atoms with E-state index in [2.05, 4.69) is 20.2 Å². The molecule has 0 spiro atoms. The standard InChI is InChI=1S/C22H23ClN4O3/c1-29-19-7-4-15(5-8-19)22-25-18(14-30-22)13-27-10-2-3-16(12-27)21(28)26-20-9-6-17(23)11-24-20/h4-9,11,14,16H,2-3,10,12-13H2,1H3,(H,24,26,28). The van der Waals surface area contributed by atoms with Gasteiger partial charge < -0.3 is 14.5 Å². The molecule has 0 saturated carbocycles. The van der Waals surface area contributed by atoms with Crippen LogP contribution in [0.4, 0.5) is 5.82 Å². The number of hydrogen-bond donors (Lipinski definition) is 1. The third-order valence-corrected chi connectivity index (χ3v) is 5.35. The zero-order valence-electron chi connectivity index (χ0n) is 16.7. The van der Waals surface area contributed by atoms with E-state index in [-0.39, 0.29) is 11.8 Å². The van der Waals surface area contributed by atoms with Crippen molar-refractivity contribution in [1.82, 2.24) is 14.9 Å². The minimum absolute atomic E-state index is 0.0198. The molecule has 1 aliphatic heterocycles. The molecule has 1 N–H and O–H groups in total. The average Bonchev–Trinajstić information content (AvgIpc) is 3.24. The largest absolute Gasteiger partial charge is 0.497 e. The van der Waals surface area contributed by atoms with Crippen molar-refractivity contribution in [2.75, 3.05) is 25.5 Å². The summed E-state index contributed by atoms with van der Waals surface area (Å²) >= 11 is 5.85. The van der Waals surface area contributed by atoms with E-state index in [1.807, 2.05) is 24.3 Å². The van der Waals surface area contributed by atoms with Crippen LogP contribution in [0.2, 0.25) is 5.02 Å².